The molecule has 0 saturated carbocycles. The normalized spacial score (nSPS) is 20.5. The molecule has 2 amide bonds. The Morgan fingerprint density at radius 3 is 2.94 bits per heavy atom. The molecule has 13 nitrogen and oxygen atoms in total. The second kappa shape index (κ2) is 8.88. The molecule has 2 aliphatic heterocycles. The van der Waals surface area contributed by atoms with E-state index in [0.717, 1.165) is 11.5 Å². The highest BCUT2D eigenvalue weighted by atomic mass is 32.2. The van der Waals surface area contributed by atoms with Gasteiger partial charge in [0.2, 0.25) is 11.5 Å². The summed E-state index contributed by atoms with van der Waals surface area (Å²) in [5.41, 5.74) is 5.80. The van der Waals surface area contributed by atoms with Crippen LogP contribution in [0.15, 0.2) is 41.2 Å². The number of nitrogen functional groups attached to an aromatic ring is 1. The van der Waals surface area contributed by atoms with Crippen LogP contribution in [0.25, 0.3) is 0 Å². The molecule has 2 atom stereocenters. The largest absolute Gasteiger partial charge is 0.477 e. The minimum atomic E-state index is -1.21. The van der Waals surface area contributed by atoms with Crippen LogP contribution >= 0.6 is 23.3 Å². The number of hydrogen-bond donors (Lipinski definition) is 3. The van der Waals surface area contributed by atoms with Crippen molar-refractivity contribution in [1.82, 2.24) is 24.6 Å². The van der Waals surface area contributed by atoms with E-state index in [1.54, 1.807) is 29.4 Å². The fourth-order valence-electron chi connectivity index (χ4n) is 3.30. The molecular formula is C17H17N8O5S2+. The maximum atomic E-state index is 12.8. The van der Waals surface area contributed by atoms with E-state index >= 15 is 0 Å². The average molecular weight is 478 g/mol. The van der Waals surface area contributed by atoms with Crippen molar-refractivity contribution in [2.24, 2.45) is 5.16 Å². The molecule has 2 aromatic rings. The van der Waals surface area contributed by atoms with Gasteiger partial charge in [0.15, 0.2) is 5.13 Å². The van der Waals surface area contributed by atoms with Gasteiger partial charge in [0.25, 0.3) is 18.1 Å². The highest BCUT2D eigenvalue weighted by Crippen LogP contribution is 2.40. The van der Waals surface area contributed by atoms with Gasteiger partial charge in [-0.05, 0) is 0 Å². The second-order valence-electron chi connectivity index (χ2n) is 6.62. The van der Waals surface area contributed by atoms with Gasteiger partial charge in [-0.1, -0.05) is 10.1 Å². The maximum Gasteiger partial charge on any atom is 0.352 e. The van der Waals surface area contributed by atoms with E-state index in [1.807, 2.05) is 0 Å². The molecular weight excluding hydrogens is 460 g/mol. The van der Waals surface area contributed by atoms with Gasteiger partial charge in [-0.3, -0.25) is 14.5 Å². The highest BCUT2D eigenvalue weighted by Gasteiger charge is 2.54. The summed E-state index contributed by atoms with van der Waals surface area (Å²) in [5.74, 6) is -2.15. The van der Waals surface area contributed by atoms with E-state index in [0.29, 0.717) is 11.3 Å². The standard InChI is InChI=1S/C17H16N8O5S2/c1-30-22-9(12-21-17(18)32-23-12)13(26)20-10-14(27)25-11(16(28)29)8(6-31-15(10)25)5-24-4-2-3-19-7-24/h2-4,7,10,15H,5-6H2,1H3,(H3-,18,20,21,23,26,28,29)/p+1/b22-9-/t10-,15?/m1/s1. The second-order valence-corrected chi connectivity index (χ2v) is 8.51. The number of fused-ring (bicyclic) bond motifs is 1. The first-order valence-corrected chi connectivity index (χ1v) is 10.9. The molecule has 0 radical (unpaired) electrons. The number of aliphatic carboxylic acids is 1. The zero-order chi connectivity index (χ0) is 22.8. The molecule has 2 aliphatic rings. The average Bonchev–Trinajstić information content (AvgIpc) is 3.21. The quantitative estimate of drug-likeness (QED) is 0.186. The zero-order valence-corrected chi connectivity index (χ0v) is 18.2. The molecule has 1 unspecified atom stereocenters. The molecule has 4 N–H and O–H groups in total. The van der Waals surface area contributed by atoms with E-state index in [4.69, 9.17) is 10.6 Å². The van der Waals surface area contributed by atoms with E-state index < -0.39 is 29.2 Å². The van der Waals surface area contributed by atoms with Crippen molar-refractivity contribution in [3.05, 3.63) is 41.9 Å². The Labute approximate surface area is 189 Å². The number of carboxylic acids is 1. The van der Waals surface area contributed by atoms with Gasteiger partial charge in [0.05, 0.1) is 6.20 Å². The lowest BCUT2D eigenvalue weighted by Crippen LogP contribution is -2.71. The SMILES string of the molecule is CO/N=C(\C(=O)N[C@@H]1C(=O)N2C(C(=O)O)=C(C[n+]3cccnc3)CSC12)c1nsc(N)n1. The topological polar surface area (TPSA) is 177 Å². The minimum Gasteiger partial charge on any atom is -0.477 e. The van der Waals surface area contributed by atoms with E-state index in [1.165, 1.54) is 23.8 Å². The van der Waals surface area contributed by atoms with Crippen LogP contribution in [0.1, 0.15) is 5.82 Å². The van der Waals surface area contributed by atoms with Gasteiger partial charge >= 0.3 is 5.97 Å². The van der Waals surface area contributed by atoms with Gasteiger partial charge in [0, 0.05) is 28.9 Å². The molecule has 0 spiro atoms. The summed E-state index contributed by atoms with van der Waals surface area (Å²) in [4.78, 5) is 51.3. The van der Waals surface area contributed by atoms with Crippen LogP contribution in [-0.4, -0.2) is 72.1 Å². The zero-order valence-electron chi connectivity index (χ0n) is 16.5. The maximum absolute atomic E-state index is 12.8. The van der Waals surface area contributed by atoms with Crippen molar-refractivity contribution < 1.29 is 28.9 Å². The van der Waals surface area contributed by atoms with Crippen LogP contribution in [0.4, 0.5) is 5.13 Å². The van der Waals surface area contributed by atoms with Crippen LogP contribution in [-0.2, 0) is 25.8 Å². The number of carbonyl (C=O) groups excluding carboxylic acids is 2. The molecule has 0 aromatic carbocycles. The Bertz CT molecular complexity index is 1130. The third-order valence-electron chi connectivity index (χ3n) is 4.63. The summed E-state index contributed by atoms with van der Waals surface area (Å²) < 4.78 is 5.66. The molecule has 32 heavy (non-hydrogen) atoms. The number of thioether (sulfide) groups is 1. The minimum absolute atomic E-state index is 0.0336. The molecule has 0 aliphatic carbocycles. The van der Waals surface area contributed by atoms with Gasteiger partial charge in [-0.15, -0.1) is 11.8 Å². The van der Waals surface area contributed by atoms with Crippen molar-refractivity contribution in [3.63, 3.8) is 0 Å². The number of oxime groups is 1. The van der Waals surface area contributed by atoms with Gasteiger partial charge in [0.1, 0.15) is 37.0 Å². The number of nitrogens with two attached hydrogens (primary N) is 1. The molecule has 4 rings (SSSR count). The smallest absolute Gasteiger partial charge is 0.352 e. The first kappa shape index (κ1) is 21.6. The summed E-state index contributed by atoms with van der Waals surface area (Å²) in [7, 11) is 1.25. The summed E-state index contributed by atoms with van der Waals surface area (Å²) in [6.45, 7) is 0.275. The summed E-state index contributed by atoms with van der Waals surface area (Å²) in [5, 5.41) is 15.5. The number of aromatic nitrogens is 4. The number of β-lactam (4-membered cyclic amide) rings is 1. The predicted octanol–water partition coefficient (Wildman–Crippen LogP) is -1.41. The van der Waals surface area contributed by atoms with Crippen molar-refractivity contribution in [1.29, 1.82) is 0 Å². The number of amides is 2. The lowest BCUT2D eigenvalue weighted by molar-refractivity contribution is -0.692. The Morgan fingerprint density at radius 2 is 2.31 bits per heavy atom. The van der Waals surface area contributed by atoms with Crippen LogP contribution < -0.4 is 15.6 Å². The molecule has 1 saturated heterocycles. The number of nitrogens with one attached hydrogen (secondary N) is 1. The van der Waals surface area contributed by atoms with Crippen molar-refractivity contribution in [3.8, 4) is 0 Å². The summed E-state index contributed by atoms with van der Waals surface area (Å²) in [6, 6.07) is 0.789. The highest BCUT2D eigenvalue weighted by molar-refractivity contribution is 8.00. The number of carboxylic acid groups (broad SMARTS) is 1. The number of carbonyl (C=O) groups is 3. The molecule has 166 valence electrons. The van der Waals surface area contributed by atoms with Crippen molar-refractivity contribution >= 4 is 51.9 Å². The van der Waals surface area contributed by atoms with E-state index in [-0.39, 0.29) is 28.9 Å². The molecule has 4 heterocycles. The first-order valence-electron chi connectivity index (χ1n) is 9.11. The summed E-state index contributed by atoms with van der Waals surface area (Å²) >= 11 is 2.24. The van der Waals surface area contributed by atoms with E-state index in [9.17, 15) is 19.5 Å². The lowest BCUT2D eigenvalue weighted by Gasteiger charge is -2.49. The van der Waals surface area contributed by atoms with E-state index in [2.05, 4.69) is 24.8 Å². The number of hydrogen-bond acceptors (Lipinski definition) is 11. The third-order valence-corrected chi connectivity index (χ3v) is 6.51. The van der Waals surface area contributed by atoms with Crippen molar-refractivity contribution in [2.45, 2.75) is 18.0 Å². The Morgan fingerprint density at radius 1 is 1.50 bits per heavy atom. The van der Waals surface area contributed by atoms with Gasteiger partial charge in [-0.25, -0.2) is 9.36 Å². The molecule has 2 aromatic heterocycles. The fourth-order valence-corrected chi connectivity index (χ4v) is 5.07. The Balaban J connectivity index is 1.53. The fraction of sp³-hybridized carbons (Fsp3) is 0.294. The number of nitrogens with zero attached hydrogens (tertiary/aromatic N) is 6. The monoisotopic (exact) mass is 477 g/mol. The first-order chi connectivity index (χ1) is 15.4. The third kappa shape index (κ3) is 3.99. The van der Waals surface area contributed by atoms with Crippen molar-refractivity contribution in [2.75, 3.05) is 18.6 Å². The van der Waals surface area contributed by atoms with Gasteiger partial charge < -0.3 is 21.0 Å². The number of rotatable bonds is 7. The lowest BCUT2D eigenvalue weighted by atomic mass is 10.0. The van der Waals surface area contributed by atoms with Crippen LogP contribution in [0, 0.1) is 0 Å². The molecule has 0 bridgehead atoms. The van der Waals surface area contributed by atoms with Crippen LogP contribution in [0.5, 0.6) is 0 Å². The Hall–Kier alpha value is -3.59. The van der Waals surface area contributed by atoms with Gasteiger partial charge in [-0.2, -0.15) is 9.36 Å². The summed E-state index contributed by atoms with van der Waals surface area (Å²) in [6.07, 6.45) is 4.94. The van der Waals surface area contributed by atoms with Crippen LogP contribution in [0.3, 0.4) is 0 Å². The van der Waals surface area contributed by atoms with Crippen LogP contribution in [0.2, 0.25) is 0 Å². The molecule has 15 heteroatoms. The predicted molar refractivity (Wildman–Crippen MR) is 112 cm³/mol. The number of anilines is 1. The molecule has 1 fully saturated rings. The Kier molecular flexibility index (Phi) is 6.00.